The van der Waals surface area contributed by atoms with E-state index in [1.54, 1.807) is 0 Å². The van der Waals surface area contributed by atoms with Crippen LogP contribution in [0.1, 0.15) is 12.8 Å². The molecule has 2 rings (SSSR count). The summed E-state index contributed by atoms with van der Waals surface area (Å²) in [6.45, 7) is 1.19. The van der Waals surface area contributed by atoms with Gasteiger partial charge in [-0.25, -0.2) is 12.8 Å². The van der Waals surface area contributed by atoms with Gasteiger partial charge in [0.25, 0.3) is 9.05 Å². The lowest BCUT2D eigenvalue weighted by atomic mass is 10.1. The number of ether oxygens (including phenoxy) is 2. The van der Waals surface area contributed by atoms with Crippen molar-refractivity contribution in [1.29, 1.82) is 0 Å². The predicted octanol–water partition coefficient (Wildman–Crippen LogP) is 3.07. The van der Waals surface area contributed by atoms with E-state index in [2.05, 4.69) is 15.9 Å². The summed E-state index contributed by atoms with van der Waals surface area (Å²) in [6.07, 6.45) is 1.36. The van der Waals surface area contributed by atoms with Gasteiger partial charge in [0.1, 0.15) is 22.6 Å². The van der Waals surface area contributed by atoms with E-state index in [0.29, 0.717) is 30.5 Å². The van der Waals surface area contributed by atoms with Gasteiger partial charge >= 0.3 is 0 Å². The van der Waals surface area contributed by atoms with Gasteiger partial charge in [-0.15, -0.1) is 0 Å². The van der Waals surface area contributed by atoms with Crippen molar-refractivity contribution in [1.82, 2.24) is 0 Å². The molecule has 0 aromatic heterocycles. The second-order valence-corrected chi connectivity index (χ2v) is 7.47. The smallest absolute Gasteiger partial charge is 0.264 e. The second-order valence-electron chi connectivity index (χ2n) is 4.08. The van der Waals surface area contributed by atoms with Crippen molar-refractivity contribution in [3.05, 3.63) is 22.4 Å². The highest BCUT2D eigenvalue weighted by atomic mass is 79.9. The standard InChI is InChI=1S/C11H11BrClFO4S/c12-8-5-11(19(13,15)16)9(14)6-10(8)18-7-1-3-17-4-2-7/h5-7H,1-4H2. The van der Waals surface area contributed by atoms with Crippen LogP contribution in [0.15, 0.2) is 21.5 Å². The second kappa shape index (κ2) is 5.95. The van der Waals surface area contributed by atoms with Crippen LogP contribution in [-0.4, -0.2) is 27.7 Å². The van der Waals surface area contributed by atoms with Gasteiger partial charge in [0, 0.05) is 29.6 Å². The average Bonchev–Trinajstić information content (AvgIpc) is 2.33. The van der Waals surface area contributed by atoms with E-state index >= 15 is 0 Å². The van der Waals surface area contributed by atoms with Crippen LogP contribution in [0.5, 0.6) is 5.75 Å². The molecule has 0 bridgehead atoms. The van der Waals surface area contributed by atoms with Crippen molar-refractivity contribution < 1.29 is 22.3 Å². The molecule has 1 heterocycles. The zero-order valence-corrected chi connectivity index (χ0v) is 12.9. The van der Waals surface area contributed by atoms with E-state index in [1.165, 1.54) is 0 Å². The van der Waals surface area contributed by atoms with E-state index < -0.39 is 19.8 Å². The van der Waals surface area contributed by atoms with E-state index in [0.717, 1.165) is 12.1 Å². The Morgan fingerprint density at radius 1 is 1.37 bits per heavy atom. The largest absolute Gasteiger partial charge is 0.489 e. The lowest BCUT2D eigenvalue weighted by Gasteiger charge is -2.24. The molecule has 0 N–H and O–H groups in total. The quantitative estimate of drug-likeness (QED) is 0.764. The Morgan fingerprint density at radius 2 is 2.00 bits per heavy atom. The van der Waals surface area contributed by atoms with Gasteiger partial charge in [0.2, 0.25) is 0 Å². The molecule has 19 heavy (non-hydrogen) atoms. The lowest BCUT2D eigenvalue weighted by Crippen LogP contribution is -2.26. The predicted molar refractivity (Wildman–Crippen MR) is 71.6 cm³/mol. The summed E-state index contributed by atoms with van der Waals surface area (Å²) in [5, 5.41) is 0. The maximum Gasteiger partial charge on any atom is 0.264 e. The number of hydrogen-bond acceptors (Lipinski definition) is 4. The highest BCUT2D eigenvalue weighted by molar-refractivity contribution is 9.10. The maximum absolute atomic E-state index is 13.7. The van der Waals surface area contributed by atoms with E-state index in [-0.39, 0.29) is 11.9 Å². The molecule has 1 aliphatic rings. The van der Waals surface area contributed by atoms with Crippen LogP contribution in [0, 0.1) is 5.82 Å². The summed E-state index contributed by atoms with van der Waals surface area (Å²) in [5.41, 5.74) is 0. The first kappa shape index (κ1) is 15.0. The zero-order valence-electron chi connectivity index (χ0n) is 9.74. The van der Waals surface area contributed by atoms with E-state index in [1.807, 2.05) is 0 Å². The Kier molecular flexibility index (Phi) is 4.70. The number of rotatable bonds is 3. The Balaban J connectivity index is 2.25. The fraction of sp³-hybridized carbons (Fsp3) is 0.455. The van der Waals surface area contributed by atoms with Crippen LogP contribution in [0.3, 0.4) is 0 Å². The summed E-state index contributed by atoms with van der Waals surface area (Å²) in [5.74, 6) is -0.672. The molecule has 0 aliphatic carbocycles. The zero-order chi connectivity index (χ0) is 14.0. The van der Waals surface area contributed by atoms with Crippen molar-refractivity contribution in [2.75, 3.05) is 13.2 Å². The fourth-order valence-electron chi connectivity index (χ4n) is 1.76. The van der Waals surface area contributed by atoms with Crippen molar-refractivity contribution >= 4 is 35.7 Å². The molecule has 1 saturated heterocycles. The summed E-state index contributed by atoms with van der Waals surface area (Å²) in [7, 11) is 1.02. The van der Waals surface area contributed by atoms with Crippen molar-refractivity contribution in [2.45, 2.75) is 23.8 Å². The number of benzene rings is 1. The van der Waals surface area contributed by atoms with Gasteiger partial charge in [-0.3, -0.25) is 0 Å². The first-order valence-corrected chi connectivity index (χ1v) is 8.66. The molecule has 1 fully saturated rings. The van der Waals surface area contributed by atoms with Crippen LogP contribution in [0.25, 0.3) is 0 Å². The molecule has 0 saturated carbocycles. The van der Waals surface area contributed by atoms with E-state index in [9.17, 15) is 12.8 Å². The Labute approximate surface area is 123 Å². The Bertz CT molecular complexity index is 572. The van der Waals surface area contributed by atoms with Crippen LogP contribution in [0.2, 0.25) is 0 Å². The molecule has 0 radical (unpaired) electrons. The van der Waals surface area contributed by atoms with Crippen LogP contribution < -0.4 is 4.74 Å². The minimum absolute atomic E-state index is 0.0668. The van der Waals surface area contributed by atoms with Crippen molar-refractivity contribution in [2.24, 2.45) is 0 Å². The topological polar surface area (TPSA) is 52.6 Å². The third-order valence-electron chi connectivity index (χ3n) is 2.71. The molecule has 1 aromatic rings. The van der Waals surface area contributed by atoms with Crippen LogP contribution >= 0.6 is 26.6 Å². The molecule has 4 nitrogen and oxygen atoms in total. The van der Waals surface area contributed by atoms with Crippen molar-refractivity contribution in [3.8, 4) is 5.75 Å². The summed E-state index contributed by atoms with van der Waals surface area (Å²) >= 11 is 3.15. The van der Waals surface area contributed by atoms with Gasteiger partial charge in [-0.05, 0) is 22.0 Å². The molecule has 1 aliphatic heterocycles. The highest BCUT2D eigenvalue weighted by Gasteiger charge is 2.22. The third-order valence-corrected chi connectivity index (χ3v) is 4.67. The summed E-state index contributed by atoms with van der Waals surface area (Å²) in [4.78, 5) is -0.569. The SMILES string of the molecule is O=S(=O)(Cl)c1cc(Br)c(OC2CCOCC2)cc1F. The molecular formula is C11H11BrClFO4S. The summed E-state index contributed by atoms with van der Waals surface area (Å²) in [6, 6.07) is 2.13. The molecule has 0 atom stereocenters. The minimum Gasteiger partial charge on any atom is -0.489 e. The molecule has 8 heteroatoms. The highest BCUT2D eigenvalue weighted by Crippen LogP contribution is 2.33. The van der Waals surface area contributed by atoms with E-state index in [4.69, 9.17) is 20.2 Å². The summed E-state index contributed by atoms with van der Waals surface area (Å²) < 4.78 is 47.2. The lowest BCUT2D eigenvalue weighted by molar-refractivity contribution is 0.0251. The van der Waals surface area contributed by atoms with Gasteiger partial charge in [0.15, 0.2) is 0 Å². The number of halogens is 3. The molecular weight excluding hydrogens is 363 g/mol. The Morgan fingerprint density at radius 3 is 2.58 bits per heavy atom. The molecule has 0 unspecified atom stereocenters. The Hall–Kier alpha value is -0.370. The number of hydrogen-bond donors (Lipinski definition) is 0. The van der Waals surface area contributed by atoms with Gasteiger partial charge in [-0.2, -0.15) is 0 Å². The molecule has 106 valence electrons. The molecule has 1 aromatic carbocycles. The van der Waals surface area contributed by atoms with Gasteiger partial charge in [-0.1, -0.05) is 0 Å². The molecule has 0 amide bonds. The average molecular weight is 374 g/mol. The van der Waals surface area contributed by atoms with Gasteiger partial charge in [0.05, 0.1) is 17.7 Å². The van der Waals surface area contributed by atoms with Crippen molar-refractivity contribution in [3.63, 3.8) is 0 Å². The first-order chi connectivity index (χ1) is 8.88. The normalized spacial score (nSPS) is 17.4. The first-order valence-electron chi connectivity index (χ1n) is 5.56. The monoisotopic (exact) mass is 372 g/mol. The third kappa shape index (κ3) is 3.81. The maximum atomic E-state index is 13.7. The fourth-order valence-corrected chi connectivity index (χ4v) is 3.25. The minimum atomic E-state index is -4.11. The van der Waals surface area contributed by atoms with Crippen LogP contribution in [-0.2, 0) is 13.8 Å². The van der Waals surface area contributed by atoms with Crippen LogP contribution in [0.4, 0.5) is 4.39 Å². The van der Waals surface area contributed by atoms with Gasteiger partial charge < -0.3 is 9.47 Å². The molecule has 0 spiro atoms.